The molecule has 0 atom stereocenters. The van der Waals surface area contributed by atoms with E-state index in [4.69, 9.17) is 25.6 Å². The van der Waals surface area contributed by atoms with Crippen molar-refractivity contribution in [3.05, 3.63) is 59.4 Å². The molecule has 3 rings (SSSR count). The van der Waals surface area contributed by atoms with Crippen molar-refractivity contribution < 1.29 is 23.6 Å². The fraction of sp³-hybridized carbons (Fsp3) is 0.200. The summed E-state index contributed by atoms with van der Waals surface area (Å²) in [5.74, 6) is 0.180. The number of rotatable bonds is 9. The summed E-state index contributed by atoms with van der Waals surface area (Å²) < 4.78 is 15.6. The van der Waals surface area contributed by atoms with Gasteiger partial charge >= 0.3 is 11.8 Å². The number of carbonyl (C=O) groups is 2. The van der Waals surface area contributed by atoms with Crippen LogP contribution in [0.15, 0.2) is 53.1 Å². The Balaban J connectivity index is 1.45. The number of nitrogens with one attached hydrogen (secondary N) is 2. The van der Waals surface area contributed by atoms with Gasteiger partial charge < -0.3 is 24.6 Å². The molecule has 0 unspecified atom stereocenters. The first-order valence-corrected chi connectivity index (χ1v) is 9.35. The van der Waals surface area contributed by atoms with Crippen molar-refractivity contribution in [2.45, 2.75) is 0 Å². The van der Waals surface area contributed by atoms with Gasteiger partial charge in [-0.3, -0.25) is 9.59 Å². The van der Waals surface area contributed by atoms with E-state index in [1.54, 1.807) is 30.3 Å². The highest BCUT2D eigenvalue weighted by atomic mass is 35.5. The molecular weight excluding hydrogens is 412 g/mol. The largest absolute Gasteiger partial charge is 0.496 e. The number of methoxy groups -OCH3 is 1. The number of hydrogen-bond donors (Lipinski definition) is 2. The van der Waals surface area contributed by atoms with E-state index in [0.717, 1.165) is 0 Å². The van der Waals surface area contributed by atoms with Crippen LogP contribution in [0, 0.1) is 0 Å². The molecular formula is C20H19ClN4O5. The van der Waals surface area contributed by atoms with Gasteiger partial charge in [0.25, 0.3) is 5.91 Å². The molecule has 1 heterocycles. The van der Waals surface area contributed by atoms with E-state index in [1.165, 1.54) is 7.11 Å². The van der Waals surface area contributed by atoms with Crippen LogP contribution in [0.5, 0.6) is 11.5 Å². The Morgan fingerprint density at radius 1 is 1.10 bits per heavy atom. The number of amides is 2. The van der Waals surface area contributed by atoms with Crippen molar-refractivity contribution in [2.24, 2.45) is 0 Å². The fourth-order valence-corrected chi connectivity index (χ4v) is 2.62. The molecule has 10 heteroatoms. The van der Waals surface area contributed by atoms with Crippen LogP contribution in [0.3, 0.4) is 0 Å². The minimum Gasteiger partial charge on any atom is -0.496 e. The molecule has 2 N–H and O–H groups in total. The van der Waals surface area contributed by atoms with Crippen LogP contribution in [0.2, 0.25) is 5.02 Å². The Bertz CT molecular complexity index is 1010. The summed E-state index contributed by atoms with van der Waals surface area (Å²) in [5.41, 5.74) is 0.499. The second kappa shape index (κ2) is 10.3. The third kappa shape index (κ3) is 5.71. The predicted octanol–water partition coefficient (Wildman–Crippen LogP) is 2.32. The van der Waals surface area contributed by atoms with E-state index < -0.39 is 5.91 Å². The Morgan fingerprint density at radius 2 is 1.87 bits per heavy atom. The molecule has 0 fully saturated rings. The third-order valence-corrected chi connectivity index (χ3v) is 4.10. The highest BCUT2D eigenvalue weighted by Gasteiger charge is 2.18. The predicted molar refractivity (Wildman–Crippen MR) is 109 cm³/mol. The minimum atomic E-state index is -0.565. The van der Waals surface area contributed by atoms with Gasteiger partial charge in [0.1, 0.15) is 11.5 Å². The van der Waals surface area contributed by atoms with Crippen LogP contribution in [-0.2, 0) is 4.79 Å². The van der Waals surface area contributed by atoms with Crippen molar-refractivity contribution in [3.63, 3.8) is 0 Å². The normalized spacial score (nSPS) is 10.3. The first kappa shape index (κ1) is 21.1. The number of nitrogens with zero attached hydrogens (tertiary/aromatic N) is 2. The number of hydrogen-bond acceptors (Lipinski definition) is 7. The Hall–Kier alpha value is -3.59. The van der Waals surface area contributed by atoms with Crippen molar-refractivity contribution in [3.8, 4) is 22.9 Å². The summed E-state index contributed by atoms with van der Waals surface area (Å²) in [5, 5.41) is 9.48. The topological polar surface area (TPSA) is 116 Å². The Morgan fingerprint density at radius 3 is 2.63 bits per heavy atom. The highest BCUT2D eigenvalue weighted by Crippen LogP contribution is 2.30. The number of carbonyl (C=O) groups excluding carboxylic acids is 2. The molecule has 2 aromatic carbocycles. The van der Waals surface area contributed by atoms with Gasteiger partial charge in [-0.1, -0.05) is 35.0 Å². The van der Waals surface area contributed by atoms with Gasteiger partial charge in [-0.2, -0.15) is 4.98 Å². The summed E-state index contributed by atoms with van der Waals surface area (Å²) in [4.78, 5) is 28.0. The van der Waals surface area contributed by atoms with Gasteiger partial charge in [0.05, 0.1) is 12.7 Å². The fourth-order valence-electron chi connectivity index (χ4n) is 2.45. The van der Waals surface area contributed by atoms with Crippen LogP contribution < -0.4 is 20.1 Å². The highest BCUT2D eigenvalue weighted by molar-refractivity contribution is 6.30. The van der Waals surface area contributed by atoms with E-state index in [-0.39, 0.29) is 37.3 Å². The van der Waals surface area contributed by atoms with Crippen LogP contribution in [0.1, 0.15) is 10.7 Å². The number of ether oxygens (including phenoxy) is 2. The number of para-hydroxylation sites is 1. The molecule has 0 bridgehead atoms. The standard InChI is InChI=1S/C20H19ClN4O5/c1-28-16-8-7-13(21)11-15(16)18-24-20(30-25-18)19(27)23-10-9-22-17(26)12-29-14-5-3-2-4-6-14/h2-8,11H,9-10,12H2,1H3,(H,22,26)(H,23,27). The number of benzene rings is 2. The average molecular weight is 431 g/mol. The first-order chi connectivity index (χ1) is 14.6. The molecule has 0 aliphatic heterocycles. The van der Waals surface area contributed by atoms with Gasteiger partial charge in [-0.25, -0.2) is 0 Å². The smallest absolute Gasteiger partial charge is 0.316 e. The number of aromatic nitrogens is 2. The molecule has 3 aromatic rings. The zero-order valence-corrected chi connectivity index (χ0v) is 16.8. The lowest BCUT2D eigenvalue weighted by Gasteiger charge is -2.07. The molecule has 0 spiro atoms. The maximum Gasteiger partial charge on any atom is 0.316 e. The molecule has 1 aromatic heterocycles. The monoisotopic (exact) mass is 430 g/mol. The van der Waals surface area contributed by atoms with Crippen molar-refractivity contribution >= 4 is 23.4 Å². The zero-order valence-electron chi connectivity index (χ0n) is 16.1. The second-order valence-corrected chi connectivity index (χ2v) is 6.41. The molecule has 9 nitrogen and oxygen atoms in total. The molecule has 156 valence electrons. The second-order valence-electron chi connectivity index (χ2n) is 5.98. The van der Waals surface area contributed by atoms with E-state index >= 15 is 0 Å². The lowest BCUT2D eigenvalue weighted by atomic mass is 10.2. The van der Waals surface area contributed by atoms with E-state index in [0.29, 0.717) is 22.1 Å². The molecule has 0 aliphatic rings. The van der Waals surface area contributed by atoms with Crippen molar-refractivity contribution in [1.82, 2.24) is 20.8 Å². The van der Waals surface area contributed by atoms with Gasteiger partial charge in [0, 0.05) is 18.1 Å². The van der Waals surface area contributed by atoms with Gasteiger partial charge in [-0.05, 0) is 30.3 Å². The molecule has 30 heavy (non-hydrogen) atoms. The van der Waals surface area contributed by atoms with Gasteiger partial charge in [0.2, 0.25) is 5.82 Å². The quantitative estimate of drug-likeness (QED) is 0.500. The zero-order chi connectivity index (χ0) is 21.3. The lowest BCUT2D eigenvalue weighted by molar-refractivity contribution is -0.123. The summed E-state index contributed by atoms with van der Waals surface area (Å²) in [7, 11) is 1.50. The summed E-state index contributed by atoms with van der Waals surface area (Å²) >= 11 is 6.00. The molecule has 2 amide bonds. The van der Waals surface area contributed by atoms with E-state index in [1.807, 2.05) is 18.2 Å². The van der Waals surface area contributed by atoms with E-state index in [9.17, 15) is 9.59 Å². The van der Waals surface area contributed by atoms with Crippen LogP contribution in [0.4, 0.5) is 0 Å². The molecule has 0 aliphatic carbocycles. The SMILES string of the molecule is COc1ccc(Cl)cc1-c1noc(C(=O)NCCNC(=O)COc2ccccc2)n1. The first-order valence-electron chi connectivity index (χ1n) is 8.97. The third-order valence-electron chi connectivity index (χ3n) is 3.87. The maximum absolute atomic E-state index is 12.2. The summed E-state index contributed by atoms with van der Waals surface area (Å²) in [6, 6.07) is 13.9. The van der Waals surface area contributed by atoms with Crippen LogP contribution in [-0.4, -0.2) is 48.8 Å². The molecule has 0 radical (unpaired) electrons. The molecule has 0 saturated carbocycles. The van der Waals surface area contributed by atoms with Gasteiger partial charge in [-0.15, -0.1) is 0 Å². The summed E-state index contributed by atoms with van der Waals surface area (Å²) in [6.07, 6.45) is 0. The Labute approximate surface area is 177 Å². The number of halogens is 1. The maximum atomic E-state index is 12.2. The van der Waals surface area contributed by atoms with E-state index in [2.05, 4.69) is 20.8 Å². The van der Waals surface area contributed by atoms with Crippen molar-refractivity contribution in [1.29, 1.82) is 0 Å². The van der Waals surface area contributed by atoms with Crippen LogP contribution in [0.25, 0.3) is 11.4 Å². The average Bonchev–Trinajstić information content (AvgIpc) is 3.26. The molecule has 0 saturated heterocycles. The van der Waals surface area contributed by atoms with Gasteiger partial charge in [0.15, 0.2) is 6.61 Å². The Kier molecular flexibility index (Phi) is 7.23. The van der Waals surface area contributed by atoms with Crippen LogP contribution >= 0.6 is 11.6 Å². The van der Waals surface area contributed by atoms with Crippen molar-refractivity contribution in [2.75, 3.05) is 26.8 Å². The minimum absolute atomic E-state index is 0.119. The lowest BCUT2D eigenvalue weighted by Crippen LogP contribution is -2.36. The summed E-state index contributed by atoms with van der Waals surface area (Å²) in [6.45, 7) is 0.270.